The van der Waals surface area contributed by atoms with E-state index < -0.39 is 16.7 Å². The number of nitro benzene ring substituents is 1. The van der Waals surface area contributed by atoms with Crippen LogP contribution in [0.25, 0.3) is 6.08 Å². The molecule has 0 aliphatic rings. The minimum absolute atomic E-state index is 0.0353. The zero-order valence-electron chi connectivity index (χ0n) is 13.2. The van der Waals surface area contributed by atoms with Crippen LogP contribution in [0.4, 0.5) is 5.69 Å². The summed E-state index contributed by atoms with van der Waals surface area (Å²) in [5.74, 6) is -1.04. The fourth-order valence-electron chi connectivity index (χ4n) is 1.95. The third-order valence-corrected chi connectivity index (χ3v) is 3.49. The van der Waals surface area contributed by atoms with Gasteiger partial charge in [-0.15, -0.1) is 0 Å². The summed E-state index contributed by atoms with van der Waals surface area (Å²) in [6.07, 6.45) is 1.50. The first-order valence-corrected chi connectivity index (χ1v) is 7.53. The summed E-state index contributed by atoms with van der Waals surface area (Å²) in [7, 11) is 1.44. The molecule has 0 bridgehead atoms. The van der Waals surface area contributed by atoms with Gasteiger partial charge in [0.25, 0.3) is 17.5 Å². The van der Waals surface area contributed by atoms with Crippen molar-refractivity contribution in [3.8, 4) is 0 Å². The molecule has 8 heteroatoms. The van der Waals surface area contributed by atoms with E-state index in [1.165, 1.54) is 37.4 Å². The number of hydrogen-bond acceptors (Lipinski definition) is 4. The van der Waals surface area contributed by atoms with E-state index in [1.807, 2.05) is 0 Å². The van der Waals surface area contributed by atoms with Crippen LogP contribution in [0.3, 0.4) is 0 Å². The van der Waals surface area contributed by atoms with Crippen molar-refractivity contribution < 1.29 is 14.5 Å². The summed E-state index contributed by atoms with van der Waals surface area (Å²) in [6.45, 7) is 0. The van der Waals surface area contributed by atoms with E-state index in [2.05, 4.69) is 10.6 Å². The molecule has 25 heavy (non-hydrogen) atoms. The van der Waals surface area contributed by atoms with E-state index in [9.17, 15) is 19.7 Å². The smallest absolute Gasteiger partial charge is 0.269 e. The molecule has 2 aromatic rings. The van der Waals surface area contributed by atoms with Crippen LogP contribution >= 0.6 is 11.6 Å². The zero-order valence-corrected chi connectivity index (χ0v) is 13.9. The number of likely N-dealkylation sites (N-methyl/N-ethyl adjacent to an activating group) is 1. The van der Waals surface area contributed by atoms with Crippen molar-refractivity contribution in [2.45, 2.75) is 0 Å². The van der Waals surface area contributed by atoms with Crippen molar-refractivity contribution in [2.75, 3.05) is 7.05 Å². The maximum atomic E-state index is 12.3. The predicted molar refractivity (Wildman–Crippen MR) is 94.1 cm³/mol. The van der Waals surface area contributed by atoms with E-state index in [-0.39, 0.29) is 16.9 Å². The van der Waals surface area contributed by atoms with Crippen molar-refractivity contribution in [3.05, 3.63) is 80.5 Å². The molecule has 128 valence electrons. The number of benzene rings is 2. The van der Waals surface area contributed by atoms with Gasteiger partial charge in [-0.1, -0.05) is 23.7 Å². The number of amides is 2. The molecule has 0 heterocycles. The highest BCUT2D eigenvalue weighted by atomic mass is 35.5. The maximum Gasteiger partial charge on any atom is 0.269 e. The quantitative estimate of drug-likeness (QED) is 0.487. The van der Waals surface area contributed by atoms with Crippen LogP contribution in [0.2, 0.25) is 5.02 Å². The van der Waals surface area contributed by atoms with Crippen molar-refractivity contribution in [1.29, 1.82) is 0 Å². The summed E-state index contributed by atoms with van der Waals surface area (Å²) in [6, 6.07) is 11.8. The van der Waals surface area contributed by atoms with Crippen molar-refractivity contribution in [1.82, 2.24) is 10.6 Å². The van der Waals surface area contributed by atoms with Crippen molar-refractivity contribution in [3.63, 3.8) is 0 Å². The Morgan fingerprint density at radius 2 is 1.68 bits per heavy atom. The number of non-ortho nitro benzene ring substituents is 1. The lowest BCUT2D eigenvalue weighted by Gasteiger charge is -2.09. The van der Waals surface area contributed by atoms with Gasteiger partial charge < -0.3 is 10.6 Å². The SMILES string of the molecule is CNC(=O)/C(=C\c1ccc(Cl)cc1)NC(=O)c1ccc([N+](=O)[O-])cc1. The number of hydrogen-bond donors (Lipinski definition) is 2. The first kappa shape index (κ1) is 18.2. The first-order chi connectivity index (χ1) is 11.9. The fraction of sp³-hybridized carbons (Fsp3) is 0.0588. The monoisotopic (exact) mass is 359 g/mol. The standard InChI is InChI=1S/C17H14ClN3O4/c1-19-17(23)15(10-11-2-6-13(18)7-3-11)20-16(22)12-4-8-14(9-5-12)21(24)25/h2-10H,1H3,(H,19,23)(H,20,22)/b15-10+. The highest BCUT2D eigenvalue weighted by Crippen LogP contribution is 2.14. The Morgan fingerprint density at radius 1 is 1.08 bits per heavy atom. The highest BCUT2D eigenvalue weighted by molar-refractivity contribution is 6.30. The highest BCUT2D eigenvalue weighted by Gasteiger charge is 2.14. The van der Waals surface area contributed by atoms with E-state index in [0.29, 0.717) is 10.6 Å². The largest absolute Gasteiger partial charge is 0.354 e. The lowest BCUT2D eigenvalue weighted by molar-refractivity contribution is -0.384. The Morgan fingerprint density at radius 3 is 2.20 bits per heavy atom. The van der Waals surface area contributed by atoms with Crippen LogP contribution in [0.1, 0.15) is 15.9 Å². The summed E-state index contributed by atoms with van der Waals surface area (Å²) in [5, 5.41) is 16.1. The topological polar surface area (TPSA) is 101 Å². The molecule has 0 aromatic heterocycles. The molecular weight excluding hydrogens is 346 g/mol. The minimum Gasteiger partial charge on any atom is -0.354 e. The Balaban J connectivity index is 2.24. The van der Waals surface area contributed by atoms with Crippen LogP contribution in [0, 0.1) is 10.1 Å². The molecule has 0 spiro atoms. The molecule has 0 fully saturated rings. The minimum atomic E-state index is -0.557. The van der Waals surface area contributed by atoms with Gasteiger partial charge in [0.2, 0.25) is 0 Å². The van der Waals surface area contributed by atoms with Crippen LogP contribution < -0.4 is 10.6 Å². The third-order valence-electron chi connectivity index (χ3n) is 3.24. The van der Waals surface area contributed by atoms with E-state index >= 15 is 0 Å². The molecule has 0 saturated heterocycles. The summed E-state index contributed by atoms with van der Waals surface area (Å²) < 4.78 is 0. The van der Waals surface area contributed by atoms with Crippen LogP contribution in [-0.2, 0) is 4.79 Å². The molecule has 0 unspecified atom stereocenters. The van der Waals surface area contributed by atoms with Crippen LogP contribution in [-0.4, -0.2) is 23.8 Å². The predicted octanol–water partition coefficient (Wildman–Crippen LogP) is 2.77. The average Bonchev–Trinajstić information content (AvgIpc) is 2.62. The molecule has 2 aromatic carbocycles. The molecule has 2 amide bonds. The van der Waals surface area contributed by atoms with Crippen molar-refractivity contribution in [2.24, 2.45) is 0 Å². The van der Waals surface area contributed by atoms with Gasteiger partial charge in [-0.2, -0.15) is 0 Å². The molecule has 0 atom stereocenters. The lowest BCUT2D eigenvalue weighted by Crippen LogP contribution is -2.33. The number of nitro groups is 1. The lowest BCUT2D eigenvalue weighted by atomic mass is 10.1. The molecule has 7 nitrogen and oxygen atoms in total. The second-order valence-electron chi connectivity index (χ2n) is 4.95. The second-order valence-corrected chi connectivity index (χ2v) is 5.38. The molecule has 2 N–H and O–H groups in total. The number of rotatable bonds is 5. The average molecular weight is 360 g/mol. The molecule has 2 rings (SSSR count). The summed E-state index contributed by atoms with van der Waals surface area (Å²) >= 11 is 5.82. The van der Waals surface area contributed by atoms with Crippen LogP contribution in [0.5, 0.6) is 0 Å². The van der Waals surface area contributed by atoms with Gasteiger partial charge in [-0.25, -0.2) is 0 Å². The van der Waals surface area contributed by atoms with E-state index in [0.717, 1.165) is 0 Å². The molecule has 0 aliphatic heterocycles. The number of carbonyl (C=O) groups excluding carboxylic acids is 2. The van der Waals surface area contributed by atoms with Gasteiger partial charge in [-0.3, -0.25) is 19.7 Å². The molecule has 0 saturated carbocycles. The van der Waals surface area contributed by atoms with Gasteiger partial charge in [0, 0.05) is 29.8 Å². The fourth-order valence-corrected chi connectivity index (χ4v) is 2.07. The van der Waals surface area contributed by atoms with Gasteiger partial charge in [0.05, 0.1) is 4.92 Å². The number of nitrogens with one attached hydrogen (secondary N) is 2. The molecule has 0 radical (unpaired) electrons. The van der Waals surface area contributed by atoms with Gasteiger partial charge in [-0.05, 0) is 35.9 Å². The number of carbonyl (C=O) groups is 2. The second kappa shape index (κ2) is 8.07. The Kier molecular flexibility index (Phi) is 5.86. The molecular formula is C17H14ClN3O4. The maximum absolute atomic E-state index is 12.3. The Labute approximate surface area is 148 Å². The number of nitrogens with zero attached hydrogens (tertiary/aromatic N) is 1. The van der Waals surface area contributed by atoms with Gasteiger partial charge in [0.15, 0.2) is 0 Å². The Hall–Kier alpha value is -3.19. The van der Waals surface area contributed by atoms with Crippen LogP contribution in [0.15, 0.2) is 54.2 Å². The van der Waals surface area contributed by atoms with E-state index in [1.54, 1.807) is 24.3 Å². The summed E-state index contributed by atoms with van der Waals surface area (Å²) in [4.78, 5) is 34.4. The normalized spacial score (nSPS) is 10.9. The number of halogens is 1. The summed E-state index contributed by atoms with van der Waals surface area (Å²) in [5.41, 5.74) is 0.775. The van der Waals surface area contributed by atoms with Gasteiger partial charge >= 0.3 is 0 Å². The van der Waals surface area contributed by atoms with E-state index in [4.69, 9.17) is 11.6 Å². The van der Waals surface area contributed by atoms with Gasteiger partial charge in [0.1, 0.15) is 5.70 Å². The van der Waals surface area contributed by atoms with Crippen molar-refractivity contribution >= 4 is 35.2 Å². The first-order valence-electron chi connectivity index (χ1n) is 7.16. The Bertz CT molecular complexity index is 830. The zero-order chi connectivity index (χ0) is 18.4. The molecule has 0 aliphatic carbocycles. The third kappa shape index (κ3) is 4.89.